The standard InChI is InChI=1S/C30H29N3O6/c1-18-16-25(35)30(2)22(27(18)36)17-23-20(26(30)21-10-6-7-11-24(21)39-15-14-34)12-13-31-28(37)32(29(38)33(23)31)19-8-4-3-5-9-19/h3-12,16,22-23,26,34H,13-15,17H2,1-2H3/t22-,23+,26+,30-/m0/s1. The van der Waals surface area contributed by atoms with Crippen LogP contribution in [0.5, 0.6) is 5.75 Å². The summed E-state index contributed by atoms with van der Waals surface area (Å²) in [5.41, 5.74) is 0.291. The molecule has 200 valence electrons. The van der Waals surface area contributed by atoms with E-state index in [1.54, 1.807) is 37.3 Å². The van der Waals surface area contributed by atoms with Gasteiger partial charge in [0.05, 0.1) is 30.3 Å². The largest absolute Gasteiger partial charge is 0.491 e. The first-order valence-corrected chi connectivity index (χ1v) is 13.1. The molecule has 0 bridgehead atoms. The average molecular weight is 528 g/mol. The van der Waals surface area contributed by atoms with Gasteiger partial charge in [-0.1, -0.05) is 49.4 Å². The molecular formula is C30H29N3O6. The fourth-order valence-electron chi connectivity index (χ4n) is 6.69. The summed E-state index contributed by atoms with van der Waals surface area (Å²) in [5.74, 6) is -1.08. The number of aliphatic hydroxyl groups is 1. The van der Waals surface area contributed by atoms with E-state index in [4.69, 9.17) is 4.74 Å². The predicted octanol–water partition coefficient (Wildman–Crippen LogP) is 2.56. The number of fused-ring (bicyclic) bond motifs is 4. The minimum atomic E-state index is -1.12. The molecule has 1 aliphatic heterocycles. The zero-order valence-electron chi connectivity index (χ0n) is 21.7. The van der Waals surface area contributed by atoms with Crippen molar-refractivity contribution >= 4 is 11.6 Å². The molecule has 0 amide bonds. The third-order valence-corrected chi connectivity index (χ3v) is 8.53. The maximum Gasteiger partial charge on any atom is 0.352 e. The van der Waals surface area contributed by atoms with E-state index in [1.807, 2.05) is 37.3 Å². The Kier molecular flexibility index (Phi) is 5.91. The molecule has 9 heteroatoms. The van der Waals surface area contributed by atoms with E-state index in [-0.39, 0.29) is 37.7 Å². The zero-order valence-corrected chi connectivity index (χ0v) is 21.7. The van der Waals surface area contributed by atoms with Crippen molar-refractivity contribution in [3.63, 3.8) is 0 Å². The van der Waals surface area contributed by atoms with E-state index in [1.165, 1.54) is 15.4 Å². The summed E-state index contributed by atoms with van der Waals surface area (Å²) in [6.07, 6.45) is 3.56. The van der Waals surface area contributed by atoms with E-state index in [0.717, 1.165) is 10.1 Å². The Morgan fingerprint density at radius 3 is 2.46 bits per heavy atom. The summed E-state index contributed by atoms with van der Waals surface area (Å²) in [4.78, 5) is 54.7. The van der Waals surface area contributed by atoms with Gasteiger partial charge in [-0.25, -0.2) is 23.5 Å². The number of nitrogens with zero attached hydrogens (tertiary/aromatic N) is 3. The van der Waals surface area contributed by atoms with Crippen molar-refractivity contribution in [3.05, 3.63) is 104 Å². The molecule has 2 aliphatic carbocycles. The molecular weight excluding hydrogens is 498 g/mol. The van der Waals surface area contributed by atoms with Gasteiger partial charge in [0.15, 0.2) is 11.6 Å². The quantitative estimate of drug-likeness (QED) is 0.511. The Hall–Kier alpha value is -4.24. The number of aromatic nitrogens is 3. The third-order valence-electron chi connectivity index (χ3n) is 8.53. The highest BCUT2D eigenvalue weighted by Crippen LogP contribution is 2.60. The molecule has 6 rings (SSSR count). The predicted molar refractivity (Wildman–Crippen MR) is 143 cm³/mol. The van der Waals surface area contributed by atoms with Crippen molar-refractivity contribution in [3.8, 4) is 11.4 Å². The van der Waals surface area contributed by atoms with Gasteiger partial charge in [-0.3, -0.25) is 9.59 Å². The minimum absolute atomic E-state index is 0.0666. The molecule has 1 fully saturated rings. The smallest absolute Gasteiger partial charge is 0.352 e. The SMILES string of the molecule is CC1=CC(=O)[C@@]2(C)[C@@H](c3ccccc3OCCO)C3=CCn4c(=O)n(-c5ccccc5)c(=O)n4[C@@H]3C[C@H]2C1=O. The number of carbonyl (C=O) groups is 2. The highest BCUT2D eigenvalue weighted by Gasteiger charge is 2.59. The van der Waals surface area contributed by atoms with Crippen molar-refractivity contribution < 1.29 is 19.4 Å². The van der Waals surface area contributed by atoms with Crippen LogP contribution < -0.4 is 16.1 Å². The number of para-hydroxylation sites is 2. The number of carbonyl (C=O) groups excluding carboxylic acids is 2. The summed E-state index contributed by atoms with van der Waals surface area (Å²) in [7, 11) is 0. The maximum absolute atomic E-state index is 13.9. The Labute approximate surface area is 224 Å². The molecule has 9 nitrogen and oxygen atoms in total. The molecule has 3 aromatic rings. The second-order valence-corrected chi connectivity index (χ2v) is 10.6. The van der Waals surface area contributed by atoms with E-state index < -0.39 is 34.7 Å². The molecule has 2 aromatic carbocycles. The van der Waals surface area contributed by atoms with Crippen molar-refractivity contribution in [2.24, 2.45) is 11.3 Å². The second kappa shape index (κ2) is 9.20. The number of allylic oxidation sites excluding steroid dienone is 4. The van der Waals surface area contributed by atoms with Crippen molar-refractivity contribution in [1.29, 1.82) is 0 Å². The summed E-state index contributed by atoms with van der Waals surface area (Å²) in [6, 6.07) is 15.4. The highest BCUT2D eigenvalue weighted by molar-refractivity contribution is 6.13. The van der Waals surface area contributed by atoms with E-state index in [9.17, 15) is 24.3 Å². The number of aliphatic hydroxyl groups excluding tert-OH is 1. The molecule has 3 aliphatic rings. The third kappa shape index (κ3) is 3.56. The fraction of sp³-hybridized carbons (Fsp3) is 0.333. The van der Waals surface area contributed by atoms with Gasteiger partial charge in [0, 0.05) is 17.4 Å². The number of ketones is 2. The average Bonchev–Trinajstić information content (AvgIpc) is 3.20. The second-order valence-electron chi connectivity index (χ2n) is 10.6. The van der Waals surface area contributed by atoms with Gasteiger partial charge in [0.2, 0.25) is 0 Å². The van der Waals surface area contributed by atoms with Crippen LogP contribution in [-0.2, 0) is 16.1 Å². The van der Waals surface area contributed by atoms with Crippen LogP contribution in [0.2, 0.25) is 0 Å². The molecule has 2 heterocycles. The van der Waals surface area contributed by atoms with Gasteiger partial charge in [-0.2, -0.15) is 0 Å². The number of benzene rings is 2. The molecule has 1 saturated carbocycles. The van der Waals surface area contributed by atoms with E-state index in [0.29, 0.717) is 22.6 Å². The number of hydrogen-bond acceptors (Lipinski definition) is 6. The molecule has 1 aromatic heterocycles. The Morgan fingerprint density at radius 2 is 1.72 bits per heavy atom. The van der Waals surface area contributed by atoms with Gasteiger partial charge in [-0.15, -0.1) is 0 Å². The normalized spacial score (nSPS) is 25.8. The summed E-state index contributed by atoms with van der Waals surface area (Å²) >= 11 is 0. The van der Waals surface area contributed by atoms with Gasteiger partial charge >= 0.3 is 11.4 Å². The Balaban J connectivity index is 1.59. The van der Waals surface area contributed by atoms with Crippen LogP contribution >= 0.6 is 0 Å². The first-order chi connectivity index (χ1) is 18.8. The Morgan fingerprint density at radius 1 is 1.00 bits per heavy atom. The van der Waals surface area contributed by atoms with Gasteiger partial charge in [0.25, 0.3) is 0 Å². The zero-order chi connectivity index (χ0) is 27.5. The maximum atomic E-state index is 13.9. The molecule has 39 heavy (non-hydrogen) atoms. The fourth-order valence-corrected chi connectivity index (χ4v) is 6.69. The minimum Gasteiger partial charge on any atom is -0.491 e. The summed E-state index contributed by atoms with van der Waals surface area (Å²) < 4.78 is 9.90. The number of rotatable bonds is 5. The first kappa shape index (κ1) is 25.1. The summed E-state index contributed by atoms with van der Waals surface area (Å²) in [5, 5.41) is 9.41. The number of Topliss-reactive ketones (excluding diaryl/α,β-unsaturated/α-hetero) is 1. The van der Waals surface area contributed by atoms with Crippen LogP contribution in [0.25, 0.3) is 5.69 Å². The van der Waals surface area contributed by atoms with Crippen molar-refractivity contribution in [1.82, 2.24) is 13.9 Å². The van der Waals surface area contributed by atoms with Crippen LogP contribution in [0.1, 0.15) is 37.8 Å². The van der Waals surface area contributed by atoms with Crippen LogP contribution in [0.4, 0.5) is 0 Å². The van der Waals surface area contributed by atoms with Crippen LogP contribution in [0.15, 0.2) is 87.5 Å². The van der Waals surface area contributed by atoms with E-state index >= 15 is 0 Å². The van der Waals surface area contributed by atoms with Gasteiger partial charge < -0.3 is 9.84 Å². The first-order valence-electron chi connectivity index (χ1n) is 13.1. The van der Waals surface area contributed by atoms with Gasteiger partial charge in [0.1, 0.15) is 12.4 Å². The molecule has 0 radical (unpaired) electrons. The molecule has 0 unspecified atom stereocenters. The lowest BCUT2D eigenvalue weighted by Crippen LogP contribution is -2.54. The van der Waals surface area contributed by atoms with Crippen molar-refractivity contribution in [2.45, 2.75) is 38.8 Å². The van der Waals surface area contributed by atoms with Crippen LogP contribution in [0.3, 0.4) is 0 Å². The molecule has 4 atom stereocenters. The topological polar surface area (TPSA) is 113 Å². The molecule has 1 N–H and O–H groups in total. The molecule has 0 spiro atoms. The highest BCUT2D eigenvalue weighted by atomic mass is 16.5. The monoisotopic (exact) mass is 527 g/mol. The summed E-state index contributed by atoms with van der Waals surface area (Å²) in [6.45, 7) is 3.50. The lowest BCUT2D eigenvalue weighted by Gasteiger charge is -2.52. The molecule has 0 saturated heterocycles. The number of hydrogen-bond donors (Lipinski definition) is 1. The van der Waals surface area contributed by atoms with E-state index in [2.05, 4.69) is 0 Å². The lowest BCUT2D eigenvalue weighted by atomic mass is 9.51. The number of ether oxygens (including phenoxy) is 1. The van der Waals surface area contributed by atoms with Crippen LogP contribution in [-0.4, -0.2) is 43.8 Å². The van der Waals surface area contributed by atoms with Crippen molar-refractivity contribution in [2.75, 3.05) is 13.2 Å². The van der Waals surface area contributed by atoms with Gasteiger partial charge in [-0.05, 0) is 48.8 Å². The Bertz CT molecular complexity index is 1670. The lowest BCUT2D eigenvalue weighted by molar-refractivity contribution is -0.139. The van der Waals surface area contributed by atoms with Crippen LogP contribution in [0, 0.1) is 11.3 Å².